The fourth-order valence-electron chi connectivity index (χ4n) is 7.94. The molecular weight excluding hydrogens is 854 g/mol. The van der Waals surface area contributed by atoms with Gasteiger partial charge in [0.05, 0.1) is 11.1 Å². The van der Waals surface area contributed by atoms with E-state index in [1.165, 1.54) is 32.4 Å². The average molecular weight is 885 g/mol. The number of fused-ring (bicyclic) bond motifs is 12. The number of phenols is 1. The summed E-state index contributed by atoms with van der Waals surface area (Å²) < 4.78 is 110. The van der Waals surface area contributed by atoms with E-state index >= 15 is 0 Å². The molecule has 18 heteroatoms. The smallest absolute Gasteiger partial charge is 0.508 e. The molecule has 10 rings (SSSR count). The van der Waals surface area contributed by atoms with Crippen LogP contribution in [0.25, 0.3) is 0 Å². The molecule has 0 saturated heterocycles. The molecule has 0 radical (unpaired) electrons. The molecule has 0 bridgehead atoms. The Morgan fingerprint density at radius 3 is 1.40 bits per heavy atom. The summed E-state index contributed by atoms with van der Waals surface area (Å²) in [5, 5.41) is 9.96. The Kier molecular flexibility index (Phi) is 9.95. The highest BCUT2D eigenvalue weighted by Crippen LogP contribution is 2.58. The first kappa shape index (κ1) is 41.1. The number of aromatic hydroxyl groups is 1. The molecule has 4 aliphatic rings. The van der Waals surface area contributed by atoms with Gasteiger partial charge in [0, 0.05) is 71.9 Å². The summed E-state index contributed by atoms with van der Waals surface area (Å²) in [6.07, 6.45) is 0. The highest BCUT2D eigenvalue weighted by molar-refractivity contribution is 7.88. The molecule has 63 heavy (non-hydrogen) atoms. The highest BCUT2D eigenvalue weighted by atomic mass is 32.2. The van der Waals surface area contributed by atoms with E-state index < -0.39 is 44.5 Å². The normalized spacial score (nSPS) is 18.4. The Morgan fingerprint density at radius 1 is 0.556 bits per heavy atom. The molecule has 2 unspecified atom stereocenters. The second-order valence-electron chi connectivity index (χ2n) is 14.2. The number of ether oxygens (including phenoxy) is 8. The number of halogens is 3. The van der Waals surface area contributed by atoms with Crippen LogP contribution in [0.5, 0.6) is 46.0 Å². The number of hydrogen-bond donors (Lipinski definition) is 1. The number of methoxy groups -OCH3 is 2. The van der Waals surface area contributed by atoms with Gasteiger partial charge in [-0.15, -0.1) is 0 Å². The number of esters is 2. The first-order valence-corrected chi connectivity index (χ1v) is 20.1. The first-order valence-electron chi connectivity index (χ1n) is 18.7. The van der Waals surface area contributed by atoms with Crippen LogP contribution in [0, 0.1) is 0 Å². The molecule has 14 nitrogen and oxygen atoms in total. The van der Waals surface area contributed by atoms with E-state index in [4.69, 9.17) is 37.9 Å². The molecule has 0 aliphatic carbocycles. The minimum atomic E-state index is -5.91. The maximum atomic E-state index is 12.8. The van der Waals surface area contributed by atoms with E-state index in [0.717, 1.165) is 17.7 Å². The van der Waals surface area contributed by atoms with Crippen molar-refractivity contribution in [1.82, 2.24) is 0 Å². The second kappa shape index (κ2) is 15.3. The zero-order valence-electron chi connectivity index (χ0n) is 32.8. The van der Waals surface area contributed by atoms with Gasteiger partial charge in [0.25, 0.3) is 0 Å². The highest BCUT2D eigenvalue weighted by Gasteiger charge is 2.55. The maximum Gasteiger partial charge on any atom is 0.534 e. The Balaban J connectivity index is 0.000000164. The SMILES string of the molecule is COCOc1ccc2c(c1)Oc1cc(O)ccc1C21OC(=O)c2ccccc21.COCOc1ccc2c(c1)Oc1cc(OS(=O)(=O)C(F)(F)F)ccc1C21OC(=O)c2ccccc21. The average Bonchev–Trinajstić information content (AvgIpc) is 3.72. The van der Waals surface area contributed by atoms with Crippen molar-refractivity contribution in [2.45, 2.75) is 16.7 Å². The lowest BCUT2D eigenvalue weighted by Crippen LogP contribution is -2.33. The van der Waals surface area contributed by atoms with E-state index in [-0.39, 0.29) is 36.4 Å². The van der Waals surface area contributed by atoms with Crippen molar-refractivity contribution in [3.05, 3.63) is 166 Å². The number of benzene rings is 6. The summed E-state index contributed by atoms with van der Waals surface area (Å²) in [5.41, 5.74) is -4.20. The molecule has 2 atom stereocenters. The lowest BCUT2D eigenvalue weighted by molar-refractivity contribution is -0.0500. The molecule has 6 aromatic carbocycles. The molecule has 322 valence electrons. The van der Waals surface area contributed by atoms with Crippen LogP contribution in [0.15, 0.2) is 121 Å². The van der Waals surface area contributed by atoms with Gasteiger partial charge >= 0.3 is 27.6 Å². The molecule has 2 spiro atoms. The molecule has 0 fully saturated rings. The van der Waals surface area contributed by atoms with Gasteiger partial charge in [0.15, 0.2) is 24.8 Å². The third kappa shape index (κ3) is 6.70. The topological polar surface area (TPSA) is 172 Å². The van der Waals surface area contributed by atoms with Crippen LogP contribution in [0.2, 0.25) is 0 Å². The molecule has 0 amide bonds. The fourth-order valence-corrected chi connectivity index (χ4v) is 8.39. The summed E-state index contributed by atoms with van der Waals surface area (Å²) in [5.74, 6) is 0.308. The van der Waals surface area contributed by atoms with Gasteiger partial charge < -0.3 is 47.2 Å². The summed E-state index contributed by atoms with van der Waals surface area (Å²) in [7, 11) is -2.94. The number of carbonyl (C=O) groups excluding carboxylic acids is 2. The van der Waals surface area contributed by atoms with E-state index in [1.807, 2.05) is 18.2 Å². The molecule has 6 aromatic rings. The Labute approximate surface area is 355 Å². The number of alkyl halides is 3. The van der Waals surface area contributed by atoms with Gasteiger partial charge in [-0.3, -0.25) is 0 Å². The first-order chi connectivity index (χ1) is 30.2. The third-order valence-electron chi connectivity index (χ3n) is 10.5. The lowest BCUT2D eigenvalue weighted by atomic mass is 9.77. The molecule has 4 heterocycles. The van der Waals surface area contributed by atoms with Crippen molar-refractivity contribution in [3.63, 3.8) is 0 Å². The fraction of sp³-hybridized carbons (Fsp3) is 0.156. The van der Waals surface area contributed by atoms with Gasteiger partial charge in [-0.25, -0.2) is 9.59 Å². The molecule has 4 aliphatic heterocycles. The standard InChI is InChI=1S/C23H15F3O8S.C22H16O6/c1-30-12-31-13-6-8-17-19(10-13)32-20-11-14(34-35(28,29)23(24,25)26)7-9-18(20)22(17)16-5-3-2-4-15(16)21(27)33-22;1-25-12-26-14-7-9-18-20(11-14)27-19-10-13(23)6-8-17(19)22(18)16-5-3-2-4-15(16)21(24)28-22/h2-11H,12H2,1H3;2-11,23H,12H2,1H3. The zero-order valence-corrected chi connectivity index (χ0v) is 33.6. The van der Waals surface area contributed by atoms with Crippen LogP contribution in [-0.4, -0.2) is 58.8 Å². The number of rotatable bonds is 8. The van der Waals surface area contributed by atoms with Crippen LogP contribution < -0.4 is 23.1 Å². The van der Waals surface area contributed by atoms with Crippen molar-refractivity contribution < 1.29 is 78.4 Å². The summed E-state index contributed by atoms with van der Waals surface area (Å²) >= 11 is 0. The number of hydrogen-bond acceptors (Lipinski definition) is 14. The Morgan fingerprint density at radius 2 is 0.952 bits per heavy atom. The summed E-state index contributed by atoms with van der Waals surface area (Å²) in [4.78, 5) is 25.5. The maximum absolute atomic E-state index is 12.8. The summed E-state index contributed by atoms with van der Waals surface area (Å²) in [6, 6.07) is 32.1. The third-order valence-corrected chi connectivity index (χ3v) is 11.5. The number of carbonyl (C=O) groups is 2. The molecule has 1 N–H and O–H groups in total. The summed E-state index contributed by atoms with van der Waals surface area (Å²) in [6.45, 7) is 0.0325. The second-order valence-corrected chi connectivity index (χ2v) is 15.7. The van der Waals surface area contributed by atoms with E-state index in [2.05, 4.69) is 4.18 Å². The van der Waals surface area contributed by atoms with Crippen LogP contribution >= 0.6 is 0 Å². The molecule has 0 aromatic heterocycles. The predicted molar refractivity (Wildman–Crippen MR) is 212 cm³/mol. The monoisotopic (exact) mass is 884 g/mol. The largest absolute Gasteiger partial charge is 0.534 e. The van der Waals surface area contributed by atoms with Gasteiger partial charge in [-0.1, -0.05) is 36.4 Å². The molecule has 0 saturated carbocycles. The van der Waals surface area contributed by atoms with Crippen molar-refractivity contribution in [3.8, 4) is 46.0 Å². The van der Waals surface area contributed by atoms with E-state index in [9.17, 15) is 36.3 Å². The van der Waals surface area contributed by atoms with Crippen LogP contribution in [0.3, 0.4) is 0 Å². The van der Waals surface area contributed by atoms with Crippen molar-refractivity contribution >= 4 is 22.1 Å². The van der Waals surface area contributed by atoms with Crippen molar-refractivity contribution in [1.29, 1.82) is 0 Å². The van der Waals surface area contributed by atoms with Crippen LogP contribution in [-0.2, 0) is 40.3 Å². The van der Waals surface area contributed by atoms with Crippen molar-refractivity contribution in [2.75, 3.05) is 27.8 Å². The van der Waals surface area contributed by atoms with E-state index in [1.54, 1.807) is 72.8 Å². The quantitative estimate of drug-likeness (QED) is 0.0668. The minimum absolute atomic E-state index is 0.0572. The van der Waals surface area contributed by atoms with Gasteiger partial charge in [0.2, 0.25) is 0 Å². The molecular formula is C45H31F3O14S. The predicted octanol–water partition coefficient (Wildman–Crippen LogP) is 8.41. The Hall–Kier alpha value is -7.28. The number of phenolic OH excluding ortho intramolecular Hbond substituents is 1. The van der Waals surface area contributed by atoms with Crippen molar-refractivity contribution in [2.24, 2.45) is 0 Å². The van der Waals surface area contributed by atoms with E-state index in [0.29, 0.717) is 56.4 Å². The van der Waals surface area contributed by atoms with Gasteiger partial charge in [0.1, 0.15) is 46.0 Å². The lowest BCUT2D eigenvalue weighted by Gasteiger charge is -2.36. The van der Waals surface area contributed by atoms with Crippen LogP contribution in [0.4, 0.5) is 13.2 Å². The Bertz CT molecular complexity index is 2950. The van der Waals surface area contributed by atoms with Gasteiger partial charge in [-0.05, 0) is 60.7 Å². The zero-order chi connectivity index (χ0) is 44.3. The minimum Gasteiger partial charge on any atom is -0.508 e. The van der Waals surface area contributed by atoms with Crippen LogP contribution in [0.1, 0.15) is 54.1 Å². The van der Waals surface area contributed by atoms with Gasteiger partial charge in [-0.2, -0.15) is 21.6 Å².